The Morgan fingerprint density at radius 2 is 1.69 bits per heavy atom. The Hall–Kier alpha value is -0.820. The largest absolute Gasteiger partial charge is 0.393 e. The summed E-state index contributed by atoms with van der Waals surface area (Å²) in [7, 11) is 0. The summed E-state index contributed by atoms with van der Waals surface area (Å²) in [6.45, 7) is 14.9. The van der Waals surface area contributed by atoms with Gasteiger partial charge in [-0.05, 0) is 111 Å². The highest BCUT2D eigenvalue weighted by atomic mass is 16.3. The van der Waals surface area contributed by atoms with Crippen LogP contribution in [-0.4, -0.2) is 11.2 Å². The Labute approximate surface area is 218 Å². The second kappa shape index (κ2) is 14.2. The maximum absolute atomic E-state index is 9.79. The van der Waals surface area contributed by atoms with Crippen LogP contribution in [0.4, 0.5) is 0 Å². The average Bonchev–Trinajstić information content (AvgIpc) is 2.86. The first-order chi connectivity index (χ1) is 16.8. The molecule has 0 amide bonds. The van der Waals surface area contributed by atoms with Crippen molar-refractivity contribution in [3.63, 3.8) is 0 Å². The van der Waals surface area contributed by atoms with E-state index in [1.54, 1.807) is 11.1 Å². The highest BCUT2D eigenvalue weighted by Crippen LogP contribution is 2.48. The number of rotatable bonds is 12. The van der Waals surface area contributed by atoms with E-state index in [1.165, 1.54) is 64.2 Å². The summed E-state index contributed by atoms with van der Waals surface area (Å²) in [6, 6.07) is 0. The van der Waals surface area contributed by atoms with Gasteiger partial charge in [-0.25, -0.2) is 0 Å². The van der Waals surface area contributed by atoms with Gasteiger partial charge in [-0.15, -0.1) is 0 Å². The fourth-order valence-corrected chi connectivity index (χ4v) is 7.83. The van der Waals surface area contributed by atoms with Gasteiger partial charge in [-0.3, -0.25) is 0 Å². The van der Waals surface area contributed by atoms with Crippen molar-refractivity contribution in [1.29, 1.82) is 0 Å². The van der Waals surface area contributed by atoms with Crippen LogP contribution in [0.1, 0.15) is 125 Å². The lowest BCUT2D eigenvalue weighted by atomic mass is 9.59. The van der Waals surface area contributed by atoms with Crippen LogP contribution in [0.25, 0.3) is 0 Å². The summed E-state index contributed by atoms with van der Waals surface area (Å²) in [5.41, 5.74) is 3.27. The van der Waals surface area contributed by atoms with Gasteiger partial charge in [0.25, 0.3) is 0 Å². The van der Waals surface area contributed by atoms with E-state index in [-0.39, 0.29) is 6.10 Å². The standard InChI is InChI=1S/C34H58O/c1-7-32(27(6)26(5)10-9-11-28-16-22-31(35)23-17-28)34(30-20-14-25(4)15-21-30)33(8-2)29-18-12-24(3)13-19-29/h12,16,18-19,24-27,30-35H,7-11,13-15,17,20-23H2,1-6H3/t24-,25?,26-,27?,30?,31?,32+,33+,34?/m1/s1. The smallest absolute Gasteiger partial charge is 0.0577 e. The number of aliphatic hydroxyl groups excluding tert-OH is 1. The normalized spacial score (nSPS) is 31.7. The Bertz CT molecular complexity index is 706. The second-order valence-corrected chi connectivity index (χ2v) is 13.0. The summed E-state index contributed by atoms with van der Waals surface area (Å²) in [6.07, 6.45) is 26.3. The third kappa shape index (κ3) is 8.08. The summed E-state index contributed by atoms with van der Waals surface area (Å²) < 4.78 is 0. The zero-order chi connectivity index (χ0) is 25.4. The van der Waals surface area contributed by atoms with Crippen LogP contribution in [-0.2, 0) is 0 Å². The fraction of sp³-hybridized carbons (Fsp3) is 0.824. The van der Waals surface area contributed by atoms with Gasteiger partial charge in [0, 0.05) is 0 Å². The maximum Gasteiger partial charge on any atom is 0.0577 e. The van der Waals surface area contributed by atoms with Crippen LogP contribution < -0.4 is 0 Å². The van der Waals surface area contributed by atoms with Crippen molar-refractivity contribution in [2.45, 2.75) is 131 Å². The minimum atomic E-state index is -0.0911. The summed E-state index contributed by atoms with van der Waals surface area (Å²) >= 11 is 0. The molecule has 1 nitrogen and oxygen atoms in total. The van der Waals surface area contributed by atoms with Gasteiger partial charge < -0.3 is 5.11 Å². The van der Waals surface area contributed by atoms with Crippen LogP contribution in [0.2, 0.25) is 0 Å². The van der Waals surface area contributed by atoms with Gasteiger partial charge in [0.05, 0.1) is 6.10 Å². The third-order valence-electron chi connectivity index (χ3n) is 10.5. The monoisotopic (exact) mass is 482 g/mol. The van der Waals surface area contributed by atoms with Crippen molar-refractivity contribution in [2.75, 3.05) is 0 Å². The molecule has 0 aromatic carbocycles. The van der Waals surface area contributed by atoms with E-state index in [4.69, 9.17) is 0 Å². The van der Waals surface area contributed by atoms with Crippen LogP contribution in [0, 0.1) is 47.3 Å². The van der Waals surface area contributed by atoms with Gasteiger partial charge in [0.15, 0.2) is 0 Å². The van der Waals surface area contributed by atoms with Gasteiger partial charge in [-0.2, -0.15) is 0 Å². The Kier molecular flexibility index (Phi) is 11.7. The van der Waals surface area contributed by atoms with Gasteiger partial charge in [0.2, 0.25) is 0 Å². The molecule has 3 unspecified atom stereocenters. The summed E-state index contributed by atoms with van der Waals surface area (Å²) in [5.74, 6) is 6.49. The van der Waals surface area contributed by atoms with Crippen molar-refractivity contribution < 1.29 is 5.11 Å². The zero-order valence-electron chi connectivity index (χ0n) is 24.1. The quantitative estimate of drug-likeness (QED) is 0.274. The molecule has 3 rings (SSSR count). The molecule has 0 spiro atoms. The average molecular weight is 483 g/mol. The van der Waals surface area contributed by atoms with E-state index in [2.05, 4.69) is 65.8 Å². The molecule has 0 bridgehead atoms. The molecular weight excluding hydrogens is 424 g/mol. The molecule has 3 aliphatic carbocycles. The fourth-order valence-electron chi connectivity index (χ4n) is 7.83. The Balaban J connectivity index is 1.71. The molecule has 0 aliphatic heterocycles. The highest BCUT2D eigenvalue weighted by Gasteiger charge is 2.40. The first kappa shape index (κ1) is 28.7. The van der Waals surface area contributed by atoms with E-state index < -0.39 is 0 Å². The van der Waals surface area contributed by atoms with E-state index in [0.29, 0.717) is 5.92 Å². The van der Waals surface area contributed by atoms with Crippen molar-refractivity contribution >= 4 is 0 Å². The van der Waals surface area contributed by atoms with Crippen molar-refractivity contribution in [3.8, 4) is 0 Å². The van der Waals surface area contributed by atoms with Crippen LogP contribution in [0.3, 0.4) is 0 Å². The number of allylic oxidation sites excluding steroid dienone is 5. The molecule has 0 aromatic heterocycles. The lowest BCUT2D eigenvalue weighted by Gasteiger charge is -2.46. The number of hydrogen-bond acceptors (Lipinski definition) is 1. The molecule has 35 heavy (non-hydrogen) atoms. The van der Waals surface area contributed by atoms with Crippen LogP contribution >= 0.6 is 0 Å². The van der Waals surface area contributed by atoms with Gasteiger partial charge >= 0.3 is 0 Å². The van der Waals surface area contributed by atoms with Gasteiger partial charge in [-0.1, -0.05) is 97.1 Å². The van der Waals surface area contributed by atoms with Gasteiger partial charge in [0.1, 0.15) is 0 Å². The Morgan fingerprint density at radius 1 is 0.943 bits per heavy atom. The topological polar surface area (TPSA) is 20.2 Å². The molecule has 1 N–H and O–H groups in total. The lowest BCUT2D eigenvalue weighted by molar-refractivity contribution is 0.0605. The first-order valence-corrected chi connectivity index (χ1v) is 15.6. The highest BCUT2D eigenvalue weighted by molar-refractivity contribution is 5.27. The predicted molar refractivity (Wildman–Crippen MR) is 153 cm³/mol. The molecule has 3 aliphatic rings. The van der Waals surface area contributed by atoms with E-state index in [1.807, 2.05) is 0 Å². The molecule has 1 fully saturated rings. The van der Waals surface area contributed by atoms with Crippen LogP contribution in [0.5, 0.6) is 0 Å². The molecule has 1 saturated carbocycles. The minimum absolute atomic E-state index is 0.0911. The SMILES string of the molecule is CC[C@@H](C(C)[C@H](C)CCCC1=CCC(O)CC1)C(C1CCC(C)CC1)[C@@H](CC)C1=CC[C@H](C)C=C1. The van der Waals surface area contributed by atoms with Crippen LogP contribution in [0.15, 0.2) is 35.5 Å². The molecule has 0 saturated heterocycles. The lowest BCUT2D eigenvalue weighted by Crippen LogP contribution is -2.38. The van der Waals surface area contributed by atoms with Crippen molar-refractivity contribution in [3.05, 3.63) is 35.5 Å². The Morgan fingerprint density at radius 3 is 2.26 bits per heavy atom. The van der Waals surface area contributed by atoms with E-state index in [0.717, 1.165) is 60.7 Å². The molecule has 0 heterocycles. The second-order valence-electron chi connectivity index (χ2n) is 13.0. The minimum Gasteiger partial charge on any atom is -0.393 e. The number of aliphatic hydroxyl groups is 1. The molecule has 0 radical (unpaired) electrons. The third-order valence-corrected chi connectivity index (χ3v) is 10.5. The summed E-state index contributed by atoms with van der Waals surface area (Å²) in [5, 5.41) is 9.79. The first-order valence-electron chi connectivity index (χ1n) is 15.6. The zero-order valence-corrected chi connectivity index (χ0v) is 24.1. The molecule has 7 atom stereocenters. The number of hydrogen-bond donors (Lipinski definition) is 1. The van der Waals surface area contributed by atoms with Crippen molar-refractivity contribution in [1.82, 2.24) is 0 Å². The van der Waals surface area contributed by atoms with Crippen molar-refractivity contribution in [2.24, 2.45) is 47.3 Å². The summed E-state index contributed by atoms with van der Waals surface area (Å²) in [4.78, 5) is 0. The maximum atomic E-state index is 9.79. The molecule has 0 aromatic rings. The van der Waals surface area contributed by atoms with E-state index >= 15 is 0 Å². The molecule has 200 valence electrons. The van der Waals surface area contributed by atoms with E-state index in [9.17, 15) is 5.11 Å². The predicted octanol–water partition coefficient (Wildman–Crippen LogP) is 9.92. The molecule has 1 heteroatoms. The molecular formula is C34H58O.